The van der Waals surface area contributed by atoms with Crippen molar-refractivity contribution in [2.75, 3.05) is 13.2 Å². The number of hydrogen-bond donors (Lipinski definition) is 2. The molecule has 0 aliphatic heterocycles. The highest BCUT2D eigenvalue weighted by Gasteiger charge is 2.22. The molecular weight excluding hydrogens is 748 g/mol. The molecule has 0 aromatic rings. The average molecular weight is 835 g/mol. The summed E-state index contributed by atoms with van der Waals surface area (Å²) in [6, 6.07) is 0. The molecule has 58 heavy (non-hydrogen) atoms. The lowest BCUT2D eigenvalue weighted by molar-refractivity contribution is -0.161. The molecule has 2 N–H and O–H groups in total. The van der Waals surface area contributed by atoms with Crippen molar-refractivity contribution in [1.82, 2.24) is 0 Å². The summed E-state index contributed by atoms with van der Waals surface area (Å²) < 4.78 is 26.4. The van der Waals surface area contributed by atoms with Gasteiger partial charge in [0.2, 0.25) is 0 Å². The van der Waals surface area contributed by atoms with E-state index in [0.29, 0.717) is 19.3 Å². The Morgan fingerprint density at radius 3 is 1.22 bits per heavy atom. The van der Waals surface area contributed by atoms with Crippen LogP contribution in [-0.2, 0) is 28.2 Å². The van der Waals surface area contributed by atoms with Gasteiger partial charge in [0.1, 0.15) is 6.61 Å². The van der Waals surface area contributed by atoms with Crippen LogP contribution in [-0.4, -0.2) is 41.0 Å². The van der Waals surface area contributed by atoms with Crippen LogP contribution in [0.1, 0.15) is 219 Å². The van der Waals surface area contributed by atoms with Crippen LogP contribution in [0, 0.1) is 0 Å². The predicted octanol–water partition coefficient (Wildman–Crippen LogP) is 14.9. The topological polar surface area (TPSA) is 119 Å². The van der Waals surface area contributed by atoms with Gasteiger partial charge in [0.05, 0.1) is 6.61 Å². The number of phosphoric acid groups is 1. The number of unbranched alkanes of at least 4 members (excludes halogenated alkanes) is 23. The van der Waals surface area contributed by atoms with Crippen LogP contribution >= 0.6 is 7.82 Å². The van der Waals surface area contributed by atoms with E-state index in [1.54, 1.807) is 0 Å². The minimum absolute atomic E-state index is 0.134. The van der Waals surface area contributed by atoms with Gasteiger partial charge in [-0.2, -0.15) is 0 Å². The molecule has 0 saturated heterocycles. The zero-order valence-electron chi connectivity index (χ0n) is 37.2. The molecule has 0 spiro atoms. The highest BCUT2D eigenvalue weighted by molar-refractivity contribution is 7.46. The summed E-state index contributed by atoms with van der Waals surface area (Å²) in [6.07, 6.45) is 56.7. The SMILES string of the molecule is CCCCCCCC/C=C/CCCCCCCCCCCC(=O)OC[C@H](COP(=O)(O)O)OC(=O)CCC/C=C/C/C=C/C/C=C/C/C=C/CCCCCCCCC. The second-order valence-corrected chi connectivity index (χ2v) is 17.0. The zero-order chi connectivity index (χ0) is 42.5. The summed E-state index contributed by atoms with van der Waals surface area (Å²) in [7, 11) is -4.78. The van der Waals surface area contributed by atoms with Crippen molar-refractivity contribution in [2.45, 2.75) is 225 Å². The number of carbonyl (C=O) groups is 2. The van der Waals surface area contributed by atoms with Gasteiger partial charge in [-0.05, 0) is 77.0 Å². The smallest absolute Gasteiger partial charge is 0.462 e. The lowest BCUT2D eigenvalue weighted by Crippen LogP contribution is -2.29. The van der Waals surface area contributed by atoms with E-state index >= 15 is 0 Å². The molecule has 0 unspecified atom stereocenters. The standard InChI is InChI=1S/C49H87O8P/c1-3-5-7-9-11-13-15-17-19-21-23-24-26-28-30-32-34-36-38-40-42-44-49(51)57-47(46-56-58(52,53)54)45-55-48(50)43-41-39-37-35-33-31-29-27-25-22-20-18-16-14-12-10-8-6-4-2/h18-21,24,26,30,32,36,38,47H,3-17,22-23,25,27-29,31,33-35,37,39-46H2,1-2H3,(H2,52,53,54)/b20-18+,21-19+,26-24+,32-30+,38-36+/t47-/m1/s1. The summed E-state index contributed by atoms with van der Waals surface area (Å²) in [5, 5.41) is 0. The number of rotatable bonds is 43. The van der Waals surface area contributed by atoms with Crippen LogP contribution in [0.5, 0.6) is 0 Å². The highest BCUT2D eigenvalue weighted by Crippen LogP contribution is 2.36. The summed E-state index contributed by atoms with van der Waals surface area (Å²) in [6.45, 7) is 3.65. The molecule has 0 aliphatic carbocycles. The molecule has 336 valence electrons. The predicted molar refractivity (Wildman–Crippen MR) is 244 cm³/mol. The average Bonchev–Trinajstić information content (AvgIpc) is 3.20. The number of ether oxygens (including phenoxy) is 2. The van der Waals surface area contributed by atoms with E-state index in [-0.39, 0.29) is 19.4 Å². The molecule has 0 bridgehead atoms. The third-order valence-corrected chi connectivity index (χ3v) is 10.5. The highest BCUT2D eigenvalue weighted by atomic mass is 31.2. The second kappa shape index (κ2) is 44.3. The van der Waals surface area contributed by atoms with Crippen LogP contribution in [0.15, 0.2) is 60.8 Å². The van der Waals surface area contributed by atoms with Gasteiger partial charge in [-0.25, -0.2) is 4.57 Å². The van der Waals surface area contributed by atoms with Gasteiger partial charge in [0.25, 0.3) is 0 Å². The third kappa shape index (κ3) is 46.4. The maximum atomic E-state index is 12.4. The van der Waals surface area contributed by atoms with Gasteiger partial charge < -0.3 is 19.3 Å². The van der Waals surface area contributed by atoms with Gasteiger partial charge in [0, 0.05) is 12.8 Å². The normalized spacial score (nSPS) is 13.0. The Morgan fingerprint density at radius 2 is 0.793 bits per heavy atom. The van der Waals surface area contributed by atoms with Crippen molar-refractivity contribution in [1.29, 1.82) is 0 Å². The Balaban J connectivity index is 3.97. The Hall–Kier alpha value is -2.25. The molecule has 0 aliphatic rings. The van der Waals surface area contributed by atoms with Crippen molar-refractivity contribution in [2.24, 2.45) is 0 Å². The van der Waals surface area contributed by atoms with Crippen molar-refractivity contribution in [3.63, 3.8) is 0 Å². The molecule has 0 fully saturated rings. The fourth-order valence-corrected chi connectivity index (χ4v) is 6.84. The largest absolute Gasteiger partial charge is 0.469 e. The molecule has 0 heterocycles. The molecule has 0 saturated carbocycles. The van der Waals surface area contributed by atoms with E-state index in [2.05, 4.69) is 73.1 Å². The van der Waals surface area contributed by atoms with Gasteiger partial charge in [-0.3, -0.25) is 14.1 Å². The summed E-state index contributed by atoms with van der Waals surface area (Å²) in [5.41, 5.74) is 0. The van der Waals surface area contributed by atoms with E-state index in [0.717, 1.165) is 38.5 Å². The van der Waals surface area contributed by atoms with E-state index in [1.165, 1.54) is 135 Å². The molecule has 1 atom stereocenters. The summed E-state index contributed by atoms with van der Waals surface area (Å²) in [5.74, 6) is -0.950. The minimum atomic E-state index is -4.78. The van der Waals surface area contributed by atoms with Crippen LogP contribution in [0.25, 0.3) is 0 Å². The van der Waals surface area contributed by atoms with E-state index in [4.69, 9.17) is 19.3 Å². The first-order chi connectivity index (χ1) is 28.3. The molecular formula is C49H87O8P. The number of hydrogen-bond acceptors (Lipinski definition) is 6. The fourth-order valence-electron chi connectivity index (χ4n) is 6.48. The molecule has 0 radical (unpaired) electrons. The quantitative estimate of drug-likeness (QED) is 0.0270. The van der Waals surface area contributed by atoms with Crippen molar-refractivity contribution in [3.8, 4) is 0 Å². The molecule has 0 aromatic heterocycles. The molecule has 9 heteroatoms. The minimum Gasteiger partial charge on any atom is -0.462 e. The zero-order valence-corrected chi connectivity index (χ0v) is 38.1. The first-order valence-corrected chi connectivity index (χ1v) is 25.1. The van der Waals surface area contributed by atoms with Crippen molar-refractivity contribution < 1.29 is 37.9 Å². The van der Waals surface area contributed by atoms with Gasteiger partial charge in [-0.1, -0.05) is 190 Å². The van der Waals surface area contributed by atoms with Crippen molar-refractivity contribution in [3.05, 3.63) is 60.8 Å². The van der Waals surface area contributed by atoms with E-state index < -0.39 is 32.5 Å². The lowest BCUT2D eigenvalue weighted by atomic mass is 10.1. The number of esters is 2. The van der Waals surface area contributed by atoms with Gasteiger partial charge >= 0.3 is 19.8 Å². The van der Waals surface area contributed by atoms with Crippen LogP contribution in [0.4, 0.5) is 0 Å². The molecule has 0 rings (SSSR count). The van der Waals surface area contributed by atoms with Crippen LogP contribution in [0.2, 0.25) is 0 Å². The van der Waals surface area contributed by atoms with Gasteiger partial charge in [-0.15, -0.1) is 0 Å². The van der Waals surface area contributed by atoms with E-state index in [1.807, 2.05) is 6.08 Å². The third-order valence-electron chi connectivity index (χ3n) is 10.0. The molecule has 0 amide bonds. The Labute approximate surface area is 356 Å². The maximum absolute atomic E-state index is 12.4. The van der Waals surface area contributed by atoms with Crippen molar-refractivity contribution >= 4 is 19.8 Å². The Bertz CT molecular complexity index is 1120. The number of carbonyl (C=O) groups excluding carboxylic acids is 2. The summed E-state index contributed by atoms with van der Waals surface area (Å²) in [4.78, 5) is 43.0. The first kappa shape index (κ1) is 55.8. The first-order valence-electron chi connectivity index (χ1n) is 23.6. The monoisotopic (exact) mass is 835 g/mol. The molecule has 8 nitrogen and oxygen atoms in total. The summed E-state index contributed by atoms with van der Waals surface area (Å²) >= 11 is 0. The van der Waals surface area contributed by atoms with Crippen LogP contribution < -0.4 is 0 Å². The molecule has 0 aromatic carbocycles. The number of allylic oxidation sites excluding steroid dienone is 10. The second-order valence-electron chi connectivity index (χ2n) is 15.7. The van der Waals surface area contributed by atoms with Gasteiger partial charge in [0.15, 0.2) is 6.10 Å². The lowest BCUT2D eigenvalue weighted by Gasteiger charge is -2.18. The fraction of sp³-hybridized carbons (Fsp3) is 0.755. The maximum Gasteiger partial charge on any atom is 0.469 e. The van der Waals surface area contributed by atoms with E-state index in [9.17, 15) is 14.2 Å². The Morgan fingerprint density at radius 1 is 0.448 bits per heavy atom. The van der Waals surface area contributed by atoms with Crippen LogP contribution in [0.3, 0.4) is 0 Å². The Kier molecular flexibility index (Phi) is 42.6. The number of phosphoric ester groups is 1.